The molecule has 8 fully saturated rings. The molecule has 4 saturated carbocycles. The molecule has 4 aliphatic heterocycles. The summed E-state index contributed by atoms with van der Waals surface area (Å²) in [7, 11) is -3.08. The van der Waals surface area contributed by atoms with Gasteiger partial charge in [-0.25, -0.2) is 4.98 Å². The van der Waals surface area contributed by atoms with E-state index >= 15 is 0 Å². The first kappa shape index (κ1) is 41.0. The largest absolute Gasteiger partial charge is 0.366 e. The number of rotatable bonds is 9. The lowest BCUT2D eigenvalue weighted by atomic mass is 9.63. The number of anilines is 2. The molecule has 6 heterocycles. The second-order valence-electron chi connectivity index (χ2n) is 22.1. The number of aromatic nitrogens is 4. The normalized spacial score (nSPS) is 26.1. The van der Waals surface area contributed by atoms with Crippen LogP contribution in [0.3, 0.4) is 0 Å². The van der Waals surface area contributed by atoms with Gasteiger partial charge in [0.1, 0.15) is 0 Å². The third kappa shape index (κ3) is 6.46. The van der Waals surface area contributed by atoms with Crippen molar-refractivity contribution >= 4 is 62.0 Å². The van der Waals surface area contributed by atoms with Gasteiger partial charge in [-0.2, -0.15) is 9.97 Å². The Morgan fingerprint density at radius 2 is 0.743 bits per heavy atom. The minimum Gasteiger partial charge on any atom is -0.366 e. The highest BCUT2D eigenvalue weighted by molar-refractivity contribution is 7.20. The summed E-state index contributed by atoms with van der Waals surface area (Å²) in [6, 6.07) is 71.2. The number of hydrogen-bond acceptors (Lipinski definition) is 5. The molecule has 4 aliphatic carbocycles. The zero-order chi connectivity index (χ0) is 45.9. The van der Waals surface area contributed by atoms with Crippen molar-refractivity contribution in [1.82, 2.24) is 19.5 Å². The average molecular weight is 927 g/mol. The maximum Gasteiger partial charge on any atom is 0.238 e. The summed E-state index contributed by atoms with van der Waals surface area (Å²) in [5, 5.41) is 7.97. The topological polar surface area (TPSA) is 50.1 Å². The van der Waals surface area contributed by atoms with Crippen LogP contribution in [0.1, 0.15) is 64.2 Å². The zero-order valence-electron chi connectivity index (χ0n) is 39.7. The molecule has 4 saturated heterocycles. The third-order valence-electron chi connectivity index (χ3n) is 18.1. The molecule has 0 radical (unpaired) electrons. The van der Waals surface area contributed by atoms with Crippen LogP contribution >= 0.6 is 0 Å². The Morgan fingerprint density at radius 1 is 0.343 bits per heavy atom. The highest BCUT2D eigenvalue weighted by Crippen LogP contribution is 2.52. The Morgan fingerprint density at radius 3 is 1.26 bits per heavy atom. The lowest BCUT2D eigenvalue weighted by molar-refractivity contribution is 0.0899. The number of piperidine rings is 4. The number of para-hydroxylation sites is 2. The van der Waals surface area contributed by atoms with E-state index < -0.39 is 8.07 Å². The molecule has 344 valence electrons. The standard InChI is InChI=1S/C63H58N6Si/c1-3-14-45(15-4-1)61-64-62(66-63(65-61)69-59-26-9-7-24-57(59)58-25-8-10-27-60(58)69)46-16-11-21-54(38-46)70(53-19-5-2-6-20-53,55-22-12-17-47(39-55)67-49-30-41-28-42(32-49)33-50(67)31-41)56-23-13-18-48(40-56)68-51-34-43-29-44(36-51)37-52(68)35-43/h1-27,38-44,49-52H,28-37H2. The number of hydrogen-bond donors (Lipinski definition) is 0. The third-order valence-corrected chi connectivity index (χ3v) is 22.8. The Balaban J connectivity index is 0.953. The quantitative estimate of drug-likeness (QED) is 0.107. The fraction of sp³-hybridized carbons (Fsp3) is 0.286. The van der Waals surface area contributed by atoms with Gasteiger partial charge < -0.3 is 9.80 Å². The van der Waals surface area contributed by atoms with Crippen LogP contribution in [-0.2, 0) is 0 Å². The SMILES string of the molecule is c1ccc(-c2nc(-c3cccc([Si](c4ccccc4)(c4cccc(N5C6CC7CC(C6)CC5C7)c4)c4cccc(N5C6CC7CC(C6)CC5C7)c4)c3)nc(-n3c4ccccc4c4ccccc43)n2)cc1. The second-order valence-corrected chi connectivity index (χ2v) is 25.9. The first-order chi connectivity index (χ1) is 34.6. The predicted octanol–water partition coefficient (Wildman–Crippen LogP) is 11.2. The Bertz CT molecular complexity index is 3260. The zero-order valence-corrected chi connectivity index (χ0v) is 40.7. The summed E-state index contributed by atoms with van der Waals surface area (Å²) in [6.07, 6.45) is 13.6. The second kappa shape index (κ2) is 16.1. The van der Waals surface area contributed by atoms with Gasteiger partial charge in [0.15, 0.2) is 19.7 Å². The average Bonchev–Trinajstić information content (AvgIpc) is 3.74. The van der Waals surface area contributed by atoms with Crippen LogP contribution in [0.5, 0.6) is 0 Å². The van der Waals surface area contributed by atoms with E-state index in [0.717, 1.165) is 45.8 Å². The first-order valence-corrected chi connectivity index (χ1v) is 28.3. The monoisotopic (exact) mass is 926 g/mol. The summed E-state index contributed by atoms with van der Waals surface area (Å²) in [5.41, 5.74) is 6.94. The van der Waals surface area contributed by atoms with Crippen LogP contribution < -0.4 is 30.5 Å². The Labute approximate surface area is 412 Å². The maximum absolute atomic E-state index is 5.49. The van der Waals surface area contributed by atoms with Gasteiger partial charge in [-0.15, -0.1) is 0 Å². The van der Waals surface area contributed by atoms with Gasteiger partial charge in [0.2, 0.25) is 5.95 Å². The van der Waals surface area contributed by atoms with Gasteiger partial charge in [0.25, 0.3) is 0 Å². The minimum absolute atomic E-state index is 0.619. The highest BCUT2D eigenvalue weighted by atomic mass is 28.3. The van der Waals surface area contributed by atoms with Gasteiger partial charge in [-0.1, -0.05) is 146 Å². The van der Waals surface area contributed by atoms with E-state index in [1.54, 1.807) is 0 Å². The number of nitrogens with zero attached hydrogens (tertiary/aromatic N) is 6. The Hall–Kier alpha value is -6.83. The lowest BCUT2D eigenvalue weighted by Gasteiger charge is -2.57. The molecule has 0 amide bonds. The molecule has 7 aromatic carbocycles. The maximum atomic E-state index is 5.49. The molecule has 0 unspecified atom stereocenters. The van der Waals surface area contributed by atoms with Crippen molar-refractivity contribution in [2.24, 2.45) is 23.7 Å². The molecule has 0 N–H and O–H groups in total. The smallest absolute Gasteiger partial charge is 0.238 e. The van der Waals surface area contributed by atoms with Gasteiger partial charge >= 0.3 is 0 Å². The molecule has 2 aromatic heterocycles. The highest BCUT2D eigenvalue weighted by Gasteiger charge is 2.50. The van der Waals surface area contributed by atoms with E-state index in [1.807, 2.05) is 0 Å². The van der Waals surface area contributed by atoms with Gasteiger partial charge in [0, 0.05) is 57.4 Å². The van der Waals surface area contributed by atoms with Crippen molar-refractivity contribution in [2.45, 2.75) is 88.4 Å². The molecule has 7 heteroatoms. The molecule has 17 rings (SSSR count). The number of fused-ring (bicyclic) bond motifs is 3. The fourth-order valence-electron chi connectivity index (χ4n) is 15.7. The van der Waals surface area contributed by atoms with Crippen molar-refractivity contribution in [3.63, 3.8) is 0 Å². The summed E-state index contributed by atoms with van der Waals surface area (Å²) >= 11 is 0. The van der Waals surface area contributed by atoms with E-state index in [-0.39, 0.29) is 0 Å². The van der Waals surface area contributed by atoms with Gasteiger partial charge in [-0.05, 0) is 145 Å². The summed E-state index contributed by atoms with van der Waals surface area (Å²) in [6.45, 7) is 0. The molecule has 9 aromatic rings. The van der Waals surface area contributed by atoms with Crippen molar-refractivity contribution in [2.75, 3.05) is 9.80 Å². The van der Waals surface area contributed by atoms with E-state index in [2.05, 4.69) is 196 Å². The molecule has 70 heavy (non-hydrogen) atoms. The summed E-state index contributed by atoms with van der Waals surface area (Å²) in [5.74, 6) is 5.56. The summed E-state index contributed by atoms with van der Waals surface area (Å²) < 4.78 is 2.23. The molecular weight excluding hydrogens is 869 g/mol. The van der Waals surface area contributed by atoms with Crippen molar-refractivity contribution in [3.05, 3.63) is 182 Å². The Kier molecular flexibility index (Phi) is 9.43. The van der Waals surface area contributed by atoms with Gasteiger partial charge in [-0.3, -0.25) is 4.57 Å². The van der Waals surface area contributed by atoms with Gasteiger partial charge in [0.05, 0.1) is 11.0 Å². The molecule has 8 aliphatic rings. The van der Waals surface area contributed by atoms with E-state index in [1.165, 1.54) is 107 Å². The molecule has 6 nitrogen and oxygen atoms in total. The van der Waals surface area contributed by atoms with E-state index in [4.69, 9.17) is 15.0 Å². The molecule has 8 bridgehead atoms. The van der Waals surface area contributed by atoms with Crippen molar-refractivity contribution < 1.29 is 0 Å². The predicted molar refractivity (Wildman–Crippen MR) is 289 cm³/mol. The minimum atomic E-state index is -3.08. The fourth-order valence-corrected chi connectivity index (χ4v) is 20.6. The van der Waals surface area contributed by atoms with Crippen LogP contribution in [-0.4, -0.2) is 51.8 Å². The van der Waals surface area contributed by atoms with E-state index in [9.17, 15) is 0 Å². The molecule has 0 atom stereocenters. The number of benzene rings is 7. The van der Waals surface area contributed by atoms with Crippen LogP contribution in [0.4, 0.5) is 11.4 Å². The van der Waals surface area contributed by atoms with Crippen molar-refractivity contribution in [1.29, 1.82) is 0 Å². The first-order valence-electron chi connectivity index (χ1n) is 26.3. The van der Waals surface area contributed by atoms with Crippen LogP contribution in [0.15, 0.2) is 182 Å². The van der Waals surface area contributed by atoms with Crippen LogP contribution in [0, 0.1) is 23.7 Å². The van der Waals surface area contributed by atoms with E-state index in [0.29, 0.717) is 41.8 Å². The molecule has 0 spiro atoms. The van der Waals surface area contributed by atoms with Crippen molar-refractivity contribution in [3.8, 4) is 28.7 Å². The van der Waals surface area contributed by atoms with Crippen LogP contribution in [0.2, 0.25) is 0 Å². The summed E-state index contributed by atoms with van der Waals surface area (Å²) in [4.78, 5) is 21.9. The van der Waals surface area contributed by atoms with Crippen LogP contribution in [0.25, 0.3) is 50.5 Å². The lowest BCUT2D eigenvalue weighted by Crippen LogP contribution is -2.75. The molecular formula is C63H58N6Si.